The average Bonchev–Trinajstić information content (AvgIpc) is 3.33. The van der Waals surface area contributed by atoms with Gasteiger partial charge in [-0.25, -0.2) is 4.79 Å². The third kappa shape index (κ3) is 4.73. The van der Waals surface area contributed by atoms with E-state index in [1.54, 1.807) is 27.7 Å². The number of benzene rings is 1. The number of hydrogen-bond acceptors (Lipinski definition) is 5. The first kappa shape index (κ1) is 24.0. The van der Waals surface area contributed by atoms with Crippen molar-refractivity contribution >= 4 is 45.0 Å². The van der Waals surface area contributed by atoms with Gasteiger partial charge < -0.3 is 19.5 Å². The van der Waals surface area contributed by atoms with Crippen LogP contribution in [0.15, 0.2) is 30.3 Å². The van der Waals surface area contributed by atoms with Crippen molar-refractivity contribution in [2.45, 2.75) is 59.5 Å². The number of hydrogen-bond donors (Lipinski definition) is 1. The van der Waals surface area contributed by atoms with Crippen LogP contribution < -0.4 is 5.32 Å². The number of nitrogens with zero attached hydrogens (tertiary/aromatic N) is 2. The number of fused-ring (bicyclic) bond motifs is 3. The molecule has 0 atom stereocenters. The summed E-state index contributed by atoms with van der Waals surface area (Å²) in [4.78, 5) is 42.6. The Morgan fingerprint density at radius 3 is 2.53 bits per heavy atom. The van der Waals surface area contributed by atoms with E-state index in [1.807, 2.05) is 37.3 Å². The van der Waals surface area contributed by atoms with Crippen LogP contribution in [0.4, 0.5) is 5.69 Å². The topological polar surface area (TPSA) is 80.6 Å². The van der Waals surface area contributed by atoms with E-state index >= 15 is 0 Å². The molecule has 180 valence electrons. The fraction of sp³-hybridized carbons (Fsp3) is 0.423. The summed E-state index contributed by atoms with van der Waals surface area (Å²) in [6.07, 6.45) is 4.07. The minimum absolute atomic E-state index is 0.00427. The van der Waals surface area contributed by atoms with Crippen LogP contribution in [0, 0.1) is 0 Å². The molecule has 3 aromatic rings. The first-order valence-corrected chi connectivity index (χ1v) is 12.7. The molecule has 2 heterocycles. The van der Waals surface area contributed by atoms with E-state index in [4.69, 9.17) is 4.74 Å². The molecular formula is C26H31N3O4S. The van der Waals surface area contributed by atoms with Crippen molar-refractivity contribution in [3.8, 4) is 0 Å². The highest BCUT2D eigenvalue weighted by molar-refractivity contribution is 7.19. The summed E-state index contributed by atoms with van der Waals surface area (Å²) < 4.78 is 7.13. The van der Waals surface area contributed by atoms with Crippen molar-refractivity contribution < 1.29 is 19.1 Å². The van der Waals surface area contributed by atoms with E-state index in [-0.39, 0.29) is 30.7 Å². The number of rotatable bonds is 8. The fourth-order valence-corrected chi connectivity index (χ4v) is 6.03. The Morgan fingerprint density at radius 2 is 1.85 bits per heavy atom. The lowest BCUT2D eigenvalue weighted by Crippen LogP contribution is -2.34. The Kier molecular flexibility index (Phi) is 7.36. The number of esters is 1. The van der Waals surface area contributed by atoms with Gasteiger partial charge in [0, 0.05) is 30.3 Å². The number of ether oxygens (including phenoxy) is 1. The molecule has 0 radical (unpaired) electrons. The summed E-state index contributed by atoms with van der Waals surface area (Å²) in [5.74, 6) is -0.876. The predicted octanol–water partition coefficient (Wildman–Crippen LogP) is 4.77. The number of aromatic nitrogens is 1. The molecule has 0 spiro atoms. The number of aryl methyl sites for hydroxylation is 2. The van der Waals surface area contributed by atoms with Crippen molar-refractivity contribution in [1.82, 2.24) is 9.47 Å². The Balaban J connectivity index is 1.80. The molecule has 0 saturated carbocycles. The van der Waals surface area contributed by atoms with Crippen molar-refractivity contribution in [3.63, 3.8) is 0 Å². The van der Waals surface area contributed by atoms with E-state index in [0.29, 0.717) is 18.8 Å². The van der Waals surface area contributed by atoms with Crippen LogP contribution in [0.25, 0.3) is 10.2 Å². The van der Waals surface area contributed by atoms with Gasteiger partial charge in [-0.2, -0.15) is 0 Å². The van der Waals surface area contributed by atoms with Gasteiger partial charge in [0.15, 0.2) is 5.69 Å². The van der Waals surface area contributed by atoms with Crippen molar-refractivity contribution in [1.29, 1.82) is 0 Å². The molecule has 8 heteroatoms. The third-order valence-corrected chi connectivity index (χ3v) is 7.48. The van der Waals surface area contributed by atoms with Gasteiger partial charge >= 0.3 is 5.97 Å². The van der Waals surface area contributed by atoms with E-state index in [9.17, 15) is 14.4 Å². The fourth-order valence-electron chi connectivity index (χ4n) is 4.63. The van der Waals surface area contributed by atoms with Gasteiger partial charge in [-0.15, -0.1) is 11.3 Å². The second-order valence-corrected chi connectivity index (χ2v) is 9.58. The van der Waals surface area contributed by atoms with Crippen LogP contribution in [0.1, 0.15) is 60.1 Å². The molecule has 0 unspecified atom stereocenters. The van der Waals surface area contributed by atoms with E-state index in [0.717, 1.165) is 41.5 Å². The quantitative estimate of drug-likeness (QED) is 0.470. The van der Waals surface area contributed by atoms with Gasteiger partial charge in [-0.05, 0) is 50.7 Å². The number of nitrogens with one attached hydrogen (secondary N) is 1. The Bertz CT molecular complexity index is 1210. The number of carbonyl (C=O) groups is 3. The predicted molar refractivity (Wildman–Crippen MR) is 134 cm³/mol. The summed E-state index contributed by atoms with van der Waals surface area (Å²) in [6, 6.07) is 9.85. The minimum atomic E-state index is -0.530. The van der Waals surface area contributed by atoms with Crippen LogP contribution in [0.2, 0.25) is 0 Å². The largest absolute Gasteiger partial charge is 0.461 e. The Morgan fingerprint density at radius 1 is 1.12 bits per heavy atom. The molecule has 1 aromatic carbocycles. The van der Waals surface area contributed by atoms with Crippen LogP contribution in [-0.2, 0) is 40.3 Å². The molecule has 0 saturated heterocycles. The van der Waals surface area contributed by atoms with Gasteiger partial charge in [0.2, 0.25) is 11.8 Å². The van der Waals surface area contributed by atoms with E-state index < -0.39 is 5.97 Å². The van der Waals surface area contributed by atoms with Gasteiger partial charge in [0.1, 0.15) is 11.4 Å². The monoisotopic (exact) mass is 481 g/mol. The first-order valence-electron chi connectivity index (χ1n) is 11.9. The zero-order chi connectivity index (χ0) is 24.2. The highest BCUT2D eigenvalue weighted by Gasteiger charge is 2.31. The highest BCUT2D eigenvalue weighted by atomic mass is 32.1. The van der Waals surface area contributed by atoms with E-state index in [1.165, 1.54) is 17.4 Å². The molecule has 2 amide bonds. The summed E-state index contributed by atoms with van der Waals surface area (Å²) in [6.45, 7) is 6.38. The maximum atomic E-state index is 13.5. The van der Waals surface area contributed by atoms with Crippen molar-refractivity contribution in [3.05, 3.63) is 52.0 Å². The van der Waals surface area contributed by atoms with Crippen LogP contribution in [0.5, 0.6) is 0 Å². The summed E-state index contributed by atoms with van der Waals surface area (Å²) in [7, 11) is 0. The first-order chi connectivity index (χ1) is 16.4. The number of thiophene rings is 1. The second kappa shape index (κ2) is 10.4. The molecule has 34 heavy (non-hydrogen) atoms. The summed E-state index contributed by atoms with van der Waals surface area (Å²) in [5, 5.41) is 3.78. The second-order valence-electron chi connectivity index (χ2n) is 8.50. The van der Waals surface area contributed by atoms with Crippen molar-refractivity contribution in [2.24, 2.45) is 0 Å². The number of carbonyl (C=O) groups excluding carboxylic acids is 3. The lowest BCUT2D eigenvalue weighted by Gasteiger charge is -2.22. The smallest absolute Gasteiger partial charge is 0.357 e. The van der Waals surface area contributed by atoms with Crippen LogP contribution >= 0.6 is 11.3 Å². The SMILES string of the molecule is CCOC(=O)c1c(NC(C)=O)c2c3c(sc2n1CC(=O)N(CC)Cc1ccccc1)CCCC3. The minimum Gasteiger partial charge on any atom is -0.461 e. The normalized spacial score (nSPS) is 12.9. The van der Waals surface area contributed by atoms with Gasteiger partial charge in [0.05, 0.1) is 12.3 Å². The molecule has 0 bridgehead atoms. The summed E-state index contributed by atoms with van der Waals surface area (Å²) in [5.41, 5.74) is 2.95. The standard InChI is InChI=1S/C26H31N3O4S/c1-4-28(15-18-11-7-6-8-12-18)21(31)16-29-24(26(32)33-5-2)23(27-17(3)30)22-19-13-9-10-14-20(19)34-25(22)29/h6-8,11-12H,4-5,9-10,13-16H2,1-3H3,(H,27,30). The number of likely N-dealkylation sites (N-methyl/N-ethyl adjacent to an activating group) is 1. The van der Waals surface area contributed by atoms with Gasteiger partial charge in [-0.1, -0.05) is 30.3 Å². The van der Waals surface area contributed by atoms with Gasteiger partial charge in [0.25, 0.3) is 0 Å². The zero-order valence-corrected chi connectivity index (χ0v) is 20.8. The third-order valence-electron chi connectivity index (χ3n) is 6.17. The molecule has 0 fully saturated rings. The van der Waals surface area contributed by atoms with Crippen LogP contribution in [0.3, 0.4) is 0 Å². The molecule has 1 N–H and O–H groups in total. The van der Waals surface area contributed by atoms with E-state index in [2.05, 4.69) is 5.32 Å². The van der Waals surface area contributed by atoms with Gasteiger partial charge in [-0.3, -0.25) is 9.59 Å². The van der Waals surface area contributed by atoms with Crippen molar-refractivity contribution in [2.75, 3.05) is 18.5 Å². The maximum Gasteiger partial charge on any atom is 0.357 e. The summed E-state index contributed by atoms with van der Waals surface area (Å²) >= 11 is 1.62. The molecule has 4 rings (SSSR count). The number of amides is 2. The molecule has 7 nitrogen and oxygen atoms in total. The Labute approximate surface area is 203 Å². The molecule has 1 aliphatic carbocycles. The molecule has 0 aliphatic heterocycles. The Hall–Kier alpha value is -3.13. The van der Waals surface area contributed by atoms with Crippen LogP contribution in [-0.4, -0.2) is 40.4 Å². The lowest BCUT2D eigenvalue weighted by molar-refractivity contribution is -0.132. The highest BCUT2D eigenvalue weighted by Crippen LogP contribution is 2.44. The molecule has 2 aromatic heterocycles. The zero-order valence-electron chi connectivity index (χ0n) is 20.0. The average molecular weight is 482 g/mol. The molecule has 1 aliphatic rings. The molecular weight excluding hydrogens is 450 g/mol. The lowest BCUT2D eigenvalue weighted by atomic mass is 9.96. The number of anilines is 1. The maximum absolute atomic E-state index is 13.5.